The van der Waals surface area contributed by atoms with Gasteiger partial charge in [0.1, 0.15) is 0 Å². The van der Waals surface area contributed by atoms with Gasteiger partial charge in [0.2, 0.25) is 0 Å². The normalized spacial score (nSPS) is 10.9. The van der Waals surface area contributed by atoms with E-state index >= 15 is 0 Å². The number of likely N-dealkylation sites (N-methyl/N-ethyl adjacent to an activating group) is 1. The molecule has 0 amide bonds. The molecule has 1 N–H and O–H groups in total. The number of aryl methyl sites for hydroxylation is 1. The van der Waals surface area contributed by atoms with Crippen LogP contribution >= 0.6 is 11.3 Å². The predicted octanol–water partition coefficient (Wildman–Crippen LogP) is 2.68. The van der Waals surface area contributed by atoms with E-state index in [9.17, 15) is 0 Å². The van der Waals surface area contributed by atoms with Gasteiger partial charge >= 0.3 is 0 Å². The van der Waals surface area contributed by atoms with Crippen molar-refractivity contribution < 1.29 is 4.74 Å². The number of anilines is 1. The molecule has 0 fully saturated rings. The summed E-state index contributed by atoms with van der Waals surface area (Å²) in [7, 11) is 1.99. The molecule has 0 bridgehead atoms. The first-order valence-electron chi connectivity index (χ1n) is 7.22. The third-order valence-corrected chi connectivity index (χ3v) is 4.11. The first-order chi connectivity index (χ1) is 9.26. The molecule has 110 valence electrons. The number of hydrogen-bond acceptors (Lipinski definition) is 5. The highest BCUT2D eigenvalue weighted by Gasteiger charge is 2.14. The fourth-order valence-corrected chi connectivity index (χ4v) is 3.15. The lowest BCUT2D eigenvalue weighted by Crippen LogP contribution is -2.27. The van der Waals surface area contributed by atoms with E-state index in [-0.39, 0.29) is 0 Å². The molecule has 4 nitrogen and oxygen atoms in total. The van der Waals surface area contributed by atoms with Gasteiger partial charge in [-0.1, -0.05) is 13.3 Å². The molecule has 0 saturated heterocycles. The van der Waals surface area contributed by atoms with Crippen molar-refractivity contribution in [3.63, 3.8) is 0 Å². The van der Waals surface area contributed by atoms with Crippen LogP contribution in [-0.4, -0.2) is 38.3 Å². The Labute approximate surface area is 121 Å². The lowest BCUT2D eigenvalue weighted by Gasteiger charge is -2.19. The maximum atomic E-state index is 5.44. The van der Waals surface area contributed by atoms with Crippen LogP contribution in [0.1, 0.15) is 37.8 Å². The Kier molecular flexibility index (Phi) is 8.02. The first kappa shape index (κ1) is 16.4. The quantitative estimate of drug-likeness (QED) is 0.671. The number of nitrogens with zero attached hydrogens (tertiary/aromatic N) is 2. The molecular weight excluding hydrogens is 258 g/mol. The Balaban J connectivity index is 2.75. The van der Waals surface area contributed by atoms with Gasteiger partial charge in [0.25, 0.3) is 0 Å². The van der Waals surface area contributed by atoms with Gasteiger partial charge in [0.15, 0.2) is 5.13 Å². The molecule has 0 unspecified atom stereocenters. The summed E-state index contributed by atoms with van der Waals surface area (Å²) in [5.74, 6) is 0. The fourth-order valence-electron chi connectivity index (χ4n) is 1.94. The van der Waals surface area contributed by atoms with Crippen LogP contribution in [0.3, 0.4) is 0 Å². The Morgan fingerprint density at radius 3 is 2.68 bits per heavy atom. The lowest BCUT2D eigenvalue weighted by atomic mass is 10.2. The fraction of sp³-hybridized carbons (Fsp3) is 0.786. The van der Waals surface area contributed by atoms with E-state index < -0.39 is 0 Å². The Morgan fingerprint density at radius 1 is 1.32 bits per heavy atom. The molecule has 1 aromatic heterocycles. The van der Waals surface area contributed by atoms with Crippen LogP contribution in [0.5, 0.6) is 0 Å². The smallest absolute Gasteiger partial charge is 0.185 e. The van der Waals surface area contributed by atoms with Crippen LogP contribution in [0.2, 0.25) is 0 Å². The highest BCUT2D eigenvalue weighted by atomic mass is 32.1. The van der Waals surface area contributed by atoms with E-state index in [0.717, 1.165) is 50.8 Å². The lowest BCUT2D eigenvalue weighted by molar-refractivity contribution is 0.154. The average Bonchev–Trinajstić information content (AvgIpc) is 2.79. The Morgan fingerprint density at radius 2 is 2.11 bits per heavy atom. The summed E-state index contributed by atoms with van der Waals surface area (Å²) < 4.78 is 5.44. The maximum Gasteiger partial charge on any atom is 0.185 e. The van der Waals surface area contributed by atoms with E-state index in [2.05, 4.69) is 24.1 Å². The maximum absolute atomic E-state index is 5.44. The molecule has 19 heavy (non-hydrogen) atoms. The van der Waals surface area contributed by atoms with Crippen LogP contribution in [0.4, 0.5) is 5.13 Å². The molecule has 1 aromatic rings. The van der Waals surface area contributed by atoms with Crippen molar-refractivity contribution in [3.8, 4) is 0 Å². The van der Waals surface area contributed by atoms with Crippen LogP contribution in [0, 0.1) is 0 Å². The van der Waals surface area contributed by atoms with Gasteiger partial charge in [-0.3, -0.25) is 0 Å². The van der Waals surface area contributed by atoms with Crippen molar-refractivity contribution in [1.29, 1.82) is 0 Å². The predicted molar refractivity (Wildman–Crippen MR) is 83.3 cm³/mol. The molecule has 5 heteroatoms. The minimum Gasteiger partial charge on any atom is -0.380 e. The second-order valence-corrected chi connectivity index (χ2v) is 5.49. The molecule has 0 radical (unpaired) electrons. The number of nitrogens with one attached hydrogen (secondary N) is 1. The van der Waals surface area contributed by atoms with E-state index in [1.807, 2.05) is 25.3 Å². The van der Waals surface area contributed by atoms with Gasteiger partial charge in [-0.05, 0) is 27.3 Å². The molecule has 0 saturated carbocycles. The number of rotatable bonds is 10. The van der Waals surface area contributed by atoms with Gasteiger partial charge in [-0.25, -0.2) is 4.98 Å². The molecule has 0 aromatic carbocycles. The summed E-state index contributed by atoms with van der Waals surface area (Å²) in [6.45, 7) is 10.8. The van der Waals surface area contributed by atoms with Crippen LogP contribution in [0.25, 0.3) is 0 Å². The third kappa shape index (κ3) is 5.09. The third-order valence-electron chi connectivity index (χ3n) is 2.95. The second-order valence-electron chi connectivity index (χ2n) is 4.42. The van der Waals surface area contributed by atoms with Gasteiger partial charge in [0, 0.05) is 31.1 Å². The second kappa shape index (κ2) is 9.28. The van der Waals surface area contributed by atoms with Gasteiger partial charge in [-0.15, -0.1) is 11.3 Å². The van der Waals surface area contributed by atoms with E-state index in [1.165, 1.54) is 10.6 Å². The molecule has 0 aliphatic heterocycles. The van der Waals surface area contributed by atoms with Crippen LogP contribution in [0.15, 0.2) is 0 Å². The number of aromatic nitrogens is 1. The highest BCUT2D eigenvalue weighted by molar-refractivity contribution is 7.15. The SMILES string of the molecule is CCCc1nc(N(CC)CCOCC)sc1CNC. The minimum atomic E-state index is 0.772. The van der Waals surface area contributed by atoms with Crippen LogP contribution < -0.4 is 10.2 Å². The summed E-state index contributed by atoms with van der Waals surface area (Å²) in [5.41, 5.74) is 1.26. The first-order valence-corrected chi connectivity index (χ1v) is 8.04. The summed E-state index contributed by atoms with van der Waals surface area (Å²) in [6, 6.07) is 0. The largest absolute Gasteiger partial charge is 0.380 e. The molecule has 0 aliphatic rings. The number of ether oxygens (including phenoxy) is 1. The van der Waals surface area contributed by atoms with E-state index in [4.69, 9.17) is 9.72 Å². The Hall–Kier alpha value is -0.650. The Bertz CT molecular complexity index is 331. The van der Waals surface area contributed by atoms with Gasteiger partial charge in [0.05, 0.1) is 12.3 Å². The van der Waals surface area contributed by atoms with Crippen molar-refractivity contribution in [2.24, 2.45) is 0 Å². The molecular formula is C14H27N3OS. The zero-order chi connectivity index (χ0) is 14.1. The molecule has 1 heterocycles. The number of thiazole rings is 1. The zero-order valence-corrected chi connectivity index (χ0v) is 13.5. The topological polar surface area (TPSA) is 37.4 Å². The van der Waals surface area contributed by atoms with Crippen molar-refractivity contribution in [1.82, 2.24) is 10.3 Å². The monoisotopic (exact) mass is 285 g/mol. The van der Waals surface area contributed by atoms with Crippen molar-refractivity contribution in [2.75, 3.05) is 38.3 Å². The van der Waals surface area contributed by atoms with Crippen molar-refractivity contribution in [2.45, 2.75) is 40.2 Å². The molecule has 0 atom stereocenters. The summed E-state index contributed by atoms with van der Waals surface area (Å²) in [5, 5.41) is 4.37. The summed E-state index contributed by atoms with van der Waals surface area (Å²) in [4.78, 5) is 8.49. The summed E-state index contributed by atoms with van der Waals surface area (Å²) in [6.07, 6.45) is 2.21. The average molecular weight is 285 g/mol. The standard InChI is InChI=1S/C14H27N3OS/c1-5-8-12-13(11-15-4)19-14(16-12)17(6-2)9-10-18-7-3/h15H,5-11H2,1-4H3. The van der Waals surface area contributed by atoms with Gasteiger partial charge in [-0.2, -0.15) is 0 Å². The molecule has 0 spiro atoms. The van der Waals surface area contributed by atoms with Crippen LogP contribution in [-0.2, 0) is 17.7 Å². The molecule has 0 aliphatic carbocycles. The molecule has 1 rings (SSSR count). The van der Waals surface area contributed by atoms with Crippen molar-refractivity contribution >= 4 is 16.5 Å². The van der Waals surface area contributed by atoms with Gasteiger partial charge < -0.3 is 15.0 Å². The zero-order valence-electron chi connectivity index (χ0n) is 12.7. The summed E-state index contributed by atoms with van der Waals surface area (Å²) >= 11 is 1.81. The van der Waals surface area contributed by atoms with Crippen molar-refractivity contribution in [3.05, 3.63) is 10.6 Å². The van der Waals surface area contributed by atoms with E-state index in [1.54, 1.807) is 0 Å². The minimum absolute atomic E-state index is 0.772. The highest BCUT2D eigenvalue weighted by Crippen LogP contribution is 2.27. The van der Waals surface area contributed by atoms with E-state index in [0.29, 0.717) is 0 Å². The number of hydrogen-bond donors (Lipinski definition) is 1.